The number of benzene rings is 6. The van der Waals surface area contributed by atoms with Gasteiger partial charge >= 0.3 is 0 Å². The summed E-state index contributed by atoms with van der Waals surface area (Å²) in [5.41, 5.74) is 13.9. The molecule has 4 heteroatoms. The molecular formula is C40H26N2O2. The number of carbonyl (C=O) groups is 2. The van der Waals surface area contributed by atoms with Crippen LogP contribution in [0.3, 0.4) is 0 Å². The average molecular weight is 567 g/mol. The summed E-state index contributed by atoms with van der Waals surface area (Å²) in [5, 5.41) is 6.20. The minimum Gasteiger partial charge on any atom is -0.322 e. The lowest BCUT2D eigenvalue weighted by molar-refractivity contribution is 0.101. The molecule has 0 fully saturated rings. The topological polar surface area (TPSA) is 58.2 Å². The minimum absolute atomic E-state index is 0.148. The summed E-state index contributed by atoms with van der Waals surface area (Å²) in [6, 6.07) is 47.7. The smallest absolute Gasteiger partial charge is 0.255 e. The van der Waals surface area contributed by atoms with E-state index in [4.69, 9.17) is 0 Å². The van der Waals surface area contributed by atoms with Crippen LogP contribution in [-0.4, -0.2) is 11.8 Å². The van der Waals surface area contributed by atoms with Crippen LogP contribution in [-0.2, 0) is 0 Å². The lowest BCUT2D eigenvalue weighted by atomic mass is 9.91. The highest BCUT2D eigenvalue weighted by molar-refractivity contribution is 6.19. The maximum atomic E-state index is 13.1. The zero-order valence-corrected chi connectivity index (χ0v) is 23.7. The van der Waals surface area contributed by atoms with Crippen LogP contribution < -0.4 is 10.6 Å². The second kappa shape index (κ2) is 10.4. The van der Waals surface area contributed by atoms with Crippen molar-refractivity contribution in [2.75, 3.05) is 10.6 Å². The number of carbonyl (C=O) groups excluding carboxylic acids is 2. The summed E-state index contributed by atoms with van der Waals surface area (Å²) in [6.07, 6.45) is 0. The Morgan fingerprint density at radius 2 is 0.682 bits per heavy atom. The van der Waals surface area contributed by atoms with Crippen molar-refractivity contribution in [1.29, 1.82) is 0 Å². The van der Waals surface area contributed by atoms with Crippen LogP contribution >= 0.6 is 0 Å². The molecule has 6 aromatic rings. The molecule has 0 aromatic heterocycles. The third kappa shape index (κ3) is 4.24. The molecule has 0 radical (unpaired) electrons. The van der Waals surface area contributed by atoms with Gasteiger partial charge in [0.05, 0.1) is 0 Å². The largest absolute Gasteiger partial charge is 0.322 e. The van der Waals surface area contributed by atoms with Crippen molar-refractivity contribution in [3.63, 3.8) is 0 Å². The fourth-order valence-electron chi connectivity index (χ4n) is 6.41. The predicted molar refractivity (Wildman–Crippen MR) is 178 cm³/mol. The average Bonchev–Trinajstić information content (AvgIpc) is 3.56. The van der Waals surface area contributed by atoms with E-state index in [0.717, 1.165) is 67.0 Å². The van der Waals surface area contributed by atoms with E-state index in [1.807, 2.05) is 72.8 Å². The molecule has 0 atom stereocenters. The summed E-state index contributed by atoms with van der Waals surface area (Å²) in [5.74, 6) is -0.295. The lowest BCUT2D eigenvalue weighted by Crippen LogP contribution is -2.11. The molecule has 0 unspecified atom stereocenters. The van der Waals surface area contributed by atoms with Crippen LogP contribution in [0.25, 0.3) is 33.4 Å². The summed E-state index contributed by atoms with van der Waals surface area (Å²) >= 11 is 0. The number of anilines is 2. The molecule has 2 aliphatic carbocycles. The molecule has 8 rings (SSSR count). The molecule has 0 heterocycles. The van der Waals surface area contributed by atoms with Gasteiger partial charge in [0, 0.05) is 22.5 Å². The van der Waals surface area contributed by atoms with Crippen LogP contribution in [0, 0.1) is 0 Å². The zero-order chi connectivity index (χ0) is 29.6. The minimum atomic E-state index is -0.148. The Morgan fingerprint density at radius 1 is 0.341 bits per heavy atom. The monoisotopic (exact) mass is 566 g/mol. The van der Waals surface area contributed by atoms with E-state index in [1.165, 1.54) is 0 Å². The molecule has 4 nitrogen and oxygen atoms in total. The van der Waals surface area contributed by atoms with Crippen molar-refractivity contribution in [3.8, 4) is 22.3 Å². The molecule has 6 aromatic carbocycles. The van der Waals surface area contributed by atoms with E-state index in [0.29, 0.717) is 11.1 Å². The van der Waals surface area contributed by atoms with Gasteiger partial charge in [0.1, 0.15) is 0 Å². The fraction of sp³-hybridized carbons (Fsp3) is 0. The highest BCUT2D eigenvalue weighted by Gasteiger charge is 2.32. The van der Waals surface area contributed by atoms with E-state index in [1.54, 1.807) is 0 Å². The van der Waals surface area contributed by atoms with Gasteiger partial charge in [0.25, 0.3) is 11.8 Å². The van der Waals surface area contributed by atoms with Gasteiger partial charge in [-0.1, -0.05) is 97.1 Å². The molecule has 2 aliphatic rings. The molecular weight excluding hydrogens is 540 g/mol. The first-order valence-electron chi connectivity index (χ1n) is 14.6. The van der Waals surface area contributed by atoms with Gasteiger partial charge in [0.15, 0.2) is 0 Å². The second-order valence-corrected chi connectivity index (χ2v) is 11.0. The first-order valence-corrected chi connectivity index (χ1v) is 14.6. The molecule has 0 saturated carbocycles. The first-order chi connectivity index (χ1) is 21.7. The molecule has 0 aliphatic heterocycles. The van der Waals surface area contributed by atoms with Crippen molar-refractivity contribution >= 4 is 34.3 Å². The van der Waals surface area contributed by atoms with Gasteiger partial charge in [-0.15, -0.1) is 0 Å². The van der Waals surface area contributed by atoms with Crippen molar-refractivity contribution < 1.29 is 9.59 Å². The van der Waals surface area contributed by atoms with E-state index >= 15 is 0 Å². The van der Waals surface area contributed by atoms with Gasteiger partial charge in [-0.05, 0) is 104 Å². The summed E-state index contributed by atoms with van der Waals surface area (Å²) in [7, 11) is 0. The Labute approximate surface area is 255 Å². The SMILES string of the molecule is O=C(Nc1ccc2c(c1)C(=C1c3ccccc3-c3ccc(NC(=O)c4ccccc4)cc31)c1ccccc1-2)c1ccccc1. The van der Waals surface area contributed by atoms with Gasteiger partial charge in [-0.2, -0.15) is 0 Å². The number of rotatable bonds is 4. The Kier molecular flexibility index (Phi) is 6.05. The van der Waals surface area contributed by atoms with Gasteiger partial charge in [-0.3, -0.25) is 9.59 Å². The molecule has 0 bridgehead atoms. The van der Waals surface area contributed by atoms with Gasteiger partial charge in [0.2, 0.25) is 0 Å². The second-order valence-electron chi connectivity index (χ2n) is 11.0. The molecule has 2 N–H and O–H groups in total. The molecule has 0 saturated heterocycles. The molecule has 2 amide bonds. The quantitative estimate of drug-likeness (QED) is 0.223. The van der Waals surface area contributed by atoms with Crippen LogP contribution in [0.1, 0.15) is 43.0 Å². The van der Waals surface area contributed by atoms with Crippen molar-refractivity contribution in [2.24, 2.45) is 0 Å². The first kappa shape index (κ1) is 25.7. The van der Waals surface area contributed by atoms with E-state index in [2.05, 4.69) is 83.4 Å². The van der Waals surface area contributed by atoms with E-state index in [9.17, 15) is 9.59 Å². The fourth-order valence-corrected chi connectivity index (χ4v) is 6.41. The maximum absolute atomic E-state index is 13.1. The third-order valence-corrected chi connectivity index (χ3v) is 8.39. The summed E-state index contributed by atoms with van der Waals surface area (Å²) in [6.45, 7) is 0. The Bertz CT molecular complexity index is 1990. The van der Waals surface area contributed by atoms with E-state index < -0.39 is 0 Å². The van der Waals surface area contributed by atoms with Crippen molar-refractivity contribution in [1.82, 2.24) is 0 Å². The lowest BCUT2D eigenvalue weighted by Gasteiger charge is -2.14. The maximum Gasteiger partial charge on any atom is 0.255 e. The number of nitrogens with one attached hydrogen (secondary N) is 2. The summed E-state index contributed by atoms with van der Waals surface area (Å²) in [4.78, 5) is 26.1. The third-order valence-electron chi connectivity index (χ3n) is 8.39. The summed E-state index contributed by atoms with van der Waals surface area (Å²) < 4.78 is 0. The predicted octanol–water partition coefficient (Wildman–Crippen LogP) is 9.16. The van der Waals surface area contributed by atoms with Crippen LogP contribution in [0.2, 0.25) is 0 Å². The van der Waals surface area contributed by atoms with Gasteiger partial charge < -0.3 is 10.6 Å². The molecule has 44 heavy (non-hydrogen) atoms. The zero-order valence-electron chi connectivity index (χ0n) is 23.7. The number of fused-ring (bicyclic) bond motifs is 6. The Morgan fingerprint density at radius 3 is 1.09 bits per heavy atom. The number of amides is 2. The standard InChI is InChI=1S/C40H26N2O2/c43-39(25-11-3-1-4-12-25)41-27-19-21-31-29-15-7-9-17-33(29)37(35(31)23-27)38-34-18-10-8-16-30(34)32-22-20-28(24-36(32)38)42-40(44)26-13-5-2-6-14-26/h1-24H,(H,41,43)(H,42,44). The van der Waals surface area contributed by atoms with E-state index in [-0.39, 0.29) is 11.8 Å². The molecule has 0 spiro atoms. The van der Waals surface area contributed by atoms with Crippen molar-refractivity contribution in [2.45, 2.75) is 0 Å². The Hall–Kier alpha value is -6.00. The molecule has 208 valence electrons. The normalized spacial score (nSPS) is 13.8. The van der Waals surface area contributed by atoms with Gasteiger partial charge in [-0.25, -0.2) is 0 Å². The number of hydrogen-bond acceptors (Lipinski definition) is 2. The van der Waals surface area contributed by atoms with Crippen molar-refractivity contribution in [3.05, 3.63) is 179 Å². The van der Waals surface area contributed by atoms with Crippen LogP contribution in [0.15, 0.2) is 146 Å². The van der Waals surface area contributed by atoms with Crippen LogP contribution in [0.5, 0.6) is 0 Å². The van der Waals surface area contributed by atoms with Crippen LogP contribution in [0.4, 0.5) is 11.4 Å². The number of hydrogen-bond donors (Lipinski definition) is 2. The highest BCUT2D eigenvalue weighted by Crippen LogP contribution is 2.54. The Balaban J connectivity index is 1.29. The highest BCUT2D eigenvalue weighted by atomic mass is 16.2.